The number of nitrogens with zero attached hydrogens (tertiary/aromatic N) is 2. The van der Waals surface area contributed by atoms with Crippen LogP contribution in [-0.4, -0.2) is 34.0 Å². The minimum absolute atomic E-state index is 0.0379. The molecule has 0 amide bonds. The molecule has 6 heteroatoms. The first-order chi connectivity index (χ1) is 9.19. The van der Waals surface area contributed by atoms with E-state index >= 15 is 0 Å². The Bertz CT molecular complexity index is 592. The van der Waals surface area contributed by atoms with E-state index in [2.05, 4.69) is 9.55 Å². The third-order valence-corrected chi connectivity index (χ3v) is 4.28. The lowest BCUT2D eigenvalue weighted by Crippen LogP contribution is -2.29. The molecule has 1 N–H and O–H groups in total. The molecule has 3 rings (SSSR count). The standard InChI is InChI=1S/C13H14Cl2N2O2/c14-10-3-12-13(4-11(10)15)17(7-16-12)8-1-2-9(5-18)19-6-8/h3-4,7-9,18H,1-2,5-6H2/t8-,9-/m0/s1. The van der Waals surface area contributed by atoms with Gasteiger partial charge in [-0.2, -0.15) is 0 Å². The first-order valence-electron chi connectivity index (χ1n) is 6.23. The van der Waals surface area contributed by atoms with Crippen molar-refractivity contribution in [2.75, 3.05) is 13.2 Å². The van der Waals surface area contributed by atoms with Gasteiger partial charge in [0.25, 0.3) is 0 Å². The highest BCUT2D eigenvalue weighted by atomic mass is 35.5. The van der Waals surface area contributed by atoms with Crippen LogP contribution in [0.15, 0.2) is 18.5 Å². The quantitative estimate of drug-likeness (QED) is 0.927. The smallest absolute Gasteiger partial charge is 0.0961 e. The topological polar surface area (TPSA) is 47.3 Å². The summed E-state index contributed by atoms with van der Waals surface area (Å²) in [6.07, 6.45) is 3.56. The van der Waals surface area contributed by atoms with Gasteiger partial charge in [0.05, 0.1) is 52.8 Å². The second-order valence-electron chi connectivity index (χ2n) is 4.78. The molecule has 0 radical (unpaired) electrons. The third-order valence-electron chi connectivity index (χ3n) is 3.56. The number of benzene rings is 1. The van der Waals surface area contributed by atoms with Gasteiger partial charge in [0.1, 0.15) is 0 Å². The lowest BCUT2D eigenvalue weighted by Gasteiger charge is -2.29. The summed E-state index contributed by atoms with van der Waals surface area (Å²) in [5.41, 5.74) is 1.80. The van der Waals surface area contributed by atoms with Gasteiger partial charge in [0.2, 0.25) is 0 Å². The maximum Gasteiger partial charge on any atom is 0.0961 e. The van der Waals surface area contributed by atoms with E-state index in [-0.39, 0.29) is 18.8 Å². The van der Waals surface area contributed by atoms with Gasteiger partial charge >= 0.3 is 0 Å². The molecule has 2 heterocycles. The van der Waals surface area contributed by atoms with Crippen molar-refractivity contribution in [1.29, 1.82) is 0 Å². The van der Waals surface area contributed by atoms with Crippen LogP contribution in [-0.2, 0) is 4.74 Å². The molecule has 2 aromatic rings. The fourth-order valence-electron chi connectivity index (χ4n) is 2.47. The van der Waals surface area contributed by atoms with Crippen LogP contribution >= 0.6 is 23.2 Å². The number of aromatic nitrogens is 2. The maximum absolute atomic E-state index is 9.07. The van der Waals surface area contributed by atoms with E-state index in [0.717, 1.165) is 23.9 Å². The van der Waals surface area contributed by atoms with E-state index in [1.165, 1.54) is 0 Å². The molecule has 1 aromatic carbocycles. The molecule has 102 valence electrons. The highest BCUT2D eigenvalue weighted by Gasteiger charge is 2.23. The highest BCUT2D eigenvalue weighted by Crippen LogP contribution is 2.31. The van der Waals surface area contributed by atoms with E-state index < -0.39 is 0 Å². The fourth-order valence-corrected chi connectivity index (χ4v) is 2.78. The van der Waals surface area contributed by atoms with Crippen molar-refractivity contribution in [2.45, 2.75) is 25.0 Å². The first kappa shape index (κ1) is 13.2. The van der Waals surface area contributed by atoms with Crippen molar-refractivity contribution in [3.8, 4) is 0 Å². The summed E-state index contributed by atoms with van der Waals surface area (Å²) < 4.78 is 7.68. The summed E-state index contributed by atoms with van der Waals surface area (Å²) in [7, 11) is 0. The molecule has 1 aliphatic rings. The van der Waals surface area contributed by atoms with Crippen LogP contribution in [0.3, 0.4) is 0 Å². The van der Waals surface area contributed by atoms with Gasteiger partial charge in [0.15, 0.2) is 0 Å². The Balaban J connectivity index is 1.91. The Kier molecular flexibility index (Phi) is 3.67. The largest absolute Gasteiger partial charge is 0.394 e. The minimum atomic E-state index is -0.0379. The van der Waals surface area contributed by atoms with Gasteiger partial charge in [-0.25, -0.2) is 4.98 Å². The highest BCUT2D eigenvalue weighted by molar-refractivity contribution is 6.42. The van der Waals surface area contributed by atoms with E-state index in [1.807, 2.05) is 6.07 Å². The van der Waals surface area contributed by atoms with E-state index in [9.17, 15) is 0 Å². The van der Waals surface area contributed by atoms with Crippen molar-refractivity contribution < 1.29 is 9.84 Å². The van der Waals surface area contributed by atoms with Crippen molar-refractivity contribution in [2.24, 2.45) is 0 Å². The number of fused-ring (bicyclic) bond motifs is 1. The lowest BCUT2D eigenvalue weighted by molar-refractivity contribution is -0.0382. The number of hydrogen-bond acceptors (Lipinski definition) is 3. The summed E-state index contributed by atoms with van der Waals surface area (Å²) in [6, 6.07) is 3.84. The number of imidazole rings is 1. The number of aliphatic hydroxyl groups is 1. The zero-order valence-electron chi connectivity index (χ0n) is 10.2. The predicted octanol–water partition coefficient (Wildman–Crippen LogP) is 3.06. The first-order valence-corrected chi connectivity index (χ1v) is 6.98. The molecule has 4 nitrogen and oxygen atoms in total. The summed E-state index contributed by atoms with van der Waals surface area (Å²) in [5, 5.41) is 10.1. The van der Waals surface area contributed by atoms with Crippen molar-refractivity contribution in [3.63, 3.8) is 0 Å². The summed E-state index contributed by atoms with van der Waals surface area (Å²) >= 11 is 12.1. The minimum Gasteiger partial charge on any atom is -0.394 e. The van der Waals surface area contributed by atoms with Crippen molar-refractivity contribution >= 4 is 34.2 Å². The van der Waals surface area contributed by atoms with Crippen molar-refractivity contribution in [1.82, 2.24) is 9.55 Å². The van der Waals surface area contributed by atoms with E-state index in [1.54, 1.807) is 12.4 Å². The van der Waals surface area contributed by atoms with E-state index in [4.69, 9.17) is 33.0 Å². The molecule has 0 aliphatic carbocycles. The maximum atomic E-state index is 9.07. The average Bonchev–Trinajstić information content (AvgIpc) is 2.82. The van der Waals surface area contributed by atoms with Crippen LogP contribution in [0, 0.1) is 0 Å². The third kappa shape index (κ3) is 2.46. The number of aliphatic hydroxyl groups excluding tert-OH is 1. The summed E-state index contributed by atoms with van der Waals surface area (Å²) in [5.74, 6) is 0. The van der Waals surface area contributed by atoms with Crippen LogP contribution in [0.5, 0.6) is 0 Å². The van der Waals surface area contributed by atoms with Crippen LogP contribution in [0.25, 0.3) is 11.0 Å². The van der Waals surface area contributed by atoms with Crippen LogP contribution in [0.2, 0.25) is 10.0 Å². The second kappa shape index (κ2) is 5.29. The Morgan fingerprint density at radius 3 is 2.79 bits per heavy atom. The summed E-state index contributed by atoms with van der Waals surface area (Å²) in [6.45, 7) is 0.662. The zero-order chi connectivity index (χ0) is 13.4. The monoisotopic (exact) mass is 300 g/mol. The second-order valence-corrected chi connectivity index (χ2v) is 5.59. The van der Waals surface area contributed by atoms with E-state index in [0.29, 0.717) is 16.7 Å². The SMILES string of the molecule is OC[C@@H]1CC[C@H](n2cnc3cc(Cl)c(Cl)cc32)CO1. The van der Waals surface area contributed by atoms with Gasteiger partial charge in [-0.05, 0) is 25.0 Å². The molecule has 0 spiro atoms. The van der Waals surface area contributed by atoms with Gasteiger partial charge in [-0.3, -0.25) is 0 Å². The Morgan fingerprint density at radius 2 is 2.11 bits per heavy atom. The molecular weight excluding hydrogens is 287 g/mol. The van der Waals surface area contributed by atoms with Gasteiger partial charge in [-0.15, -0.1) is 0 Å². The Hall–Kier alpha value is -0.810. The van der Waals surface area contributed by atoms with Gasteiger partial charge < -0.3 is 14.4 Å². The van der Waals surface area contributed by atoms with Crippen LogP contribution in [0.4, 0.5) is 0 Å². The zero-order valence-corrected chi connectivity index (χ0v) is 11.7. The Morgan fingerprint density at radius 1 is 1.32 bits per heavy atom. The predicted molar refractivity (Wildman–Crippen MR) is 74.8 cm³/mol. The number of halogens is 2. The van der Waals surface area contributed by atoms with Gasteiger partial charge in [-0.1, -0.05) is 23.2 Å². The molecule has 1 aromatic heterocycles. The molecule has 0 saturated carbocycles. The fraction of sp³-hybridized carbons (Fsp3) is 0.462. The molecule has 0 bridgehead atoms. The molecular formula is C13H14Cl2N2O2. The van der Waals surface area contributed by atoms with Crippen molar-refractivity contribution in [3.05, 3.63) is 28.5 Å². The molecule has 0 unspecified atom stereocenters. The average molecular weight is 301 g/mol. The number of ether oxygens (including phenoxy) is 1. The lowest BCUT2D eigenvalue weighted by atomic mass is 10.1. The molecule has 19 heavy (non-hydrogen) atoms. The number of hydrogen-bond donors (Lipinski definition) is 1. The van der Waals surface area contributed by atoms with Gasteiger partial charge in [0, 0.05) is 0 Å². The Labute approximate surface area is 120 Å². The molecule has 2 atom stereocenters. The molecule has 1 saturated heterocycles. The van der Waals surface area contributed by atoms with Crippen LogP contribution < -0.4 is 0 Å². The summed E-state index contributed by atoms with van der Waals surface area (Å²) in [4.78, 5) is 4.35. The molecule has 1 aliphatic heterocycles. The number of rotatable bonds is 2. The molecule has 1 fully saturated rings. The normalized spacial score (nSPS) is 23.9. The van der Waals surface area contributed by atoms with Crippen LogP contribution in [0.1, 0.15) is 18.9 Å².